The van der Waals surface area contributed by atoms with Crippen molar-refractivity contribution in [2.75, 3.05) is 34.0 Å². The van der Waals surface area contributed by atoms with Gasteiger partial charge in [0.25, 0.3) is 0 Å². The van der Waals surface area contributed by atoms with E-state index in [0.717, 1.165) is 44.0 Å². The zero-order valence-corrected chi connectivity index (χ0v) is 12.2. The zero-order valence-electron chi connectivity index (χ0n) is 12.2. The molecule has 4 heteroatoms. The Labute approximate surface area is 116 Å². The summed E-state index contributed by atoms with van der Waals surface area (Å²) in [7, 11) is 3.39. The van der Waals surface area contributed by atoms with E-state index in [4.69, 9.17) is 14.2 Å². The first-order valence-corrected chi connectivity index (χ1v) is 6.81. The minimum absolute atomic E-state index is 0.713. The van der Waals surface area contributed by atoms with Crippen LogP contribution in [0.3, 0.4) is 0 Å². The van der Waals surface area contributed by atoms with E-state index in [9.17, 15) is 0 Å². The van der Waals surface area contributed by atoms with E-state index in [1.54, 1.807) is 14.2 Å². The predicted molar refractivity (Wildman–Crippen MR) is 77.0 cm³/mol. The molecule has 1 aromatic carbocycles. The van der Waals surface area contributed by atoms with Crippen molar-refractivity contribution >= 4 is 0 Å². The summed E-state index contributed by atoms with van der Waals surface area (Å²) < 4.78 is 16.0. The first kappa shape index (κ1) is 15.8. The molecule has 108 valence electrons. The molecule has 0 saturated heterocycles. The van der Waals surface area contributed by atoms with Crippen LogP contribution in [0.2, 0.25) is 0 Å². The van der Waals surface area contributed by atoms with Gasteiger partial charge in [-0.05, 0) is 37.1 Å². The fraction of sp³-hybridized carbons (Fsp3) is 0.600. The molecule has 1 N–H and O–H groups in total. The van der Waals surface area contributed by atoms with Crippen molar-refractivity contribution in [3.8, 4) is 11.5 Å². The molecule has 1 rings (SSSR count). The van der Waals surface area contributed by atoms with Crippen LogP contribution >= 0.6 is 0 Å². The van der Waals surface area contributed by atoms with E-state index >= 15 is 0 Å². The number of nitrogens with one attached hydrogen (secondary N) is 1. The van der Waals surface area contributed by atoms with E-state index in [1.807, 2.05) is 12.1 Å². The highest BCUT2D eigenvalue weighted by Gasteiger charge is 2.05. The molecule has 0 fully saturated rings. The summed E-state index contributed by atoms with van der Waals surface area (Å²) in [6.45, 7) is 5.37. The lowest BCUT2D eigenvalue weighted by Crippen LogP contribution is -2.16. The molecule has 0 amide bonds. The molecule has 0 aromatic heterocycles. The number of benzene rings is 1. The summed E-state index contributed by atoms with van der Waals surface area (Å²) in [6.07, 6.45) is 2.01. The van der Waals surface area contributed by atoms with Gasteiger partial charge in [0.1, 0.15) is 0 Å². The molecule has 0 atom stereocenters. The number of ether oxygens (including phenoxy) is 3. The molecule has 0 aliphatic heterocycles. The Hall–Kier alpha value is -1.26. The fourth-order valence-electron chi connectivity index (χ4n) is 1.73. The summed E-state index contributed by atoms with van der Waals surface area (Å²) >= 11 is 0. The second-order valence-electron chi connectivity index (χ2n) is 4.36. The lowest BCUT2D eigenvalue weighted by Gasteiger charge is -2.12. The van der Waals surface area contributed by atoms with Crippen LogP contribution in [-0.4, -0.2) is 34.0 Å². The van der Waals surface area contributed by atoms with Crippen LogP contribution in [0.15, 0.2) is 18.2 Å². The maximum atomic E-state index is 5.63. The lowest BCUT2D eigenvalue weighted by molar-refractivity contribution is 0.194. The second kappa shape index (κ2) is 9.64. The topological polar surface area (TPSA) is 39.7 Å². The first-order chi connectivity index (χ1) is 9.31. The Kier molecular flexibility index (Phi) is 8.02. The monoisotopic (exact) mass is 267 g/mol. The average molecular weight is 267 g/mol. The third-order valence-corrected chi connectivity index (χ3v) is 2.72. The van der Waals surface area contributed by atoms with E-state index in [2.05, 4.69) is 18.3 Å². The maximum absolute atomic E-state index is 5.63. The Morgan fingerprint density at radius 3 is 2.63 bits per heavy atom. The molecule has 0 aliphatic carbocycles. The highest BCUT2D eigenvalue weighted by molar-refractivity contribution is 5.42. The Bertz CT molecular complexity index is 355. The van der Waals surface area contributed by atoms with Gasteiger partial charge in [0.05, 0.1) is 13.7 Å². The van der Waals surface area contributed by atoms with Gasteiger partial charge in [-0.1, -0.05) is 13.0 Å². The molecule has 4 nitrogen and oxygen atoms in total. The Morgan fingerprint density at radius 2 is 1.95 bits per heavy atom. The van der Waals surface area contributed by atoms with Crippen molar-refractivity contribution in [2.24, 2.45) is 0 Å². The number of methoxy groups -OCH3 is 2. The minimum atomic E-state index is 0.713. The molecule has 1 aromatic rings. The molecule has 0 heterocycles. The van der Waals surface area contributed by atoms with Crippen molar-refractivity contribution in [1.29, 1.82) is 0 Å². The predicted octanol–water partition coefficient (Wildman–Crippen LogP) is 2.61. The fourth-order valence-corrected chi connectivity index (χ4v) is 1.73. The highest BCUT2D eigenvalue weighted by Crippen LogP contribution is 2.28. The standard InChI is InChI=1S/C15H25NO3/c1-4-9-19-14-7-6-13(11-15(14)18-3)12-16-8-5-10-17-2/h6-7,11,16H,4-5,8-10,12H2,1-3H3. The average Bonchev–Trinajstić information content (AvgIpc) is 2.45. The van der Waals surface area contributed by atoms with Gasteiger partial charge in [0.15, 0.2) is 11.5 Å². The van der Waals surface area contributed by atoms with Crippen molar-refractivity contribution in [3.63, 3.8) is 0 Å². The van der Waals surface area contributed by atoms with Crippen LogP contribution in [0, 0.1) is 0 Å². The number of hydrogen-bond donors (Lipinski definition) is 1. The van der Waals surface area contributed by atoms with Crippen LogP contribution in [0.4, 0.5) is 0 Å². The Balaban J connectivity index is 2.46. The van der Waals surface area contributed by atoms with Crippen molar-refractivity contribution < 1.29 is 14.2 Å². The number of hydrogen-bond acceptors (Lipinski definition) is 4. The molecule has 0 unspecified atom stereocenters. The quantitative estimate of drug-likeness (QED) is 0.661. The van der Waals surface area contributed by atoms with E-state index in [0.29, 0.717) is 6.61 Å². The normalized spacial score (nSPS) is 10.5. The highest BCUT2D eigenvalue weighted by atomic mass is 16.5. The largest absolute Gasteiger partial charge is 0.493 e. The van der Waals surface area contributed by atoms with E-state index < -0.39 is 0 Å². The van der Waals surface area contributed by atoms with Gasteiger partial charge < -0.3 is 19.5 Å². The van der Waals surface area contributed by atoms with Crippen LogP contribution in [-0.2, 0) is 11.3 Å². The van der Waals surface area contributed by atoms with Gasteiger partial charge in [0, 0.05) is 20.3 Å². The molecular weight excluding hydrogens is 242 g/mol. The van der Waals surface area contributed by atoms with Crippen molar-refractivity contribution in [1.82, 2.24) is 5.32 Å². The summed E-state index contributed by atoms with van der Waals surface area (Å²) in [4.78, 5) is 0. The second-order valence-corrected chi connectivity index (χ2v) is 4.36. The van der Waals surface area contributed by atoms with Crippen LogP contribution in [0.5, 0.6) is 11.5 Å². The van der Waals surface area contributed by atoms with Crippen LogP contribution in [0.1, 0.15) is 25.3 Å². The molecular formula is C15H25NO3. The van der Waals surface area contributed by atoms with Crippen molar-refractivity contribution in [3.05, 3.63) is 23.8 Å². The molecule has 0 saturated carbocycles. The maximum Gasteiger partial charge on any atom is 0.161 e. The lowest BCUT2D eigenvalue weighted by atomic mass is 10.2. The molecule has 19 heavy (non-hydrogen) atoms. The molecule has 0 radical (unpaired) electrons. The molecule has 0 spiro atoms. The molecule has 0 aliphatic rings. The van der Waals surface area contributed by atoms with Gasteiger partial charge in [-0.2, -0.15) is 0 Å². The Morgan fingerprint density at radius 1 is 1.11 bits per heavy atom. The van der Waals surface area contributed by atoms with Gasteiger partial charge in [0.2, 0.25) is 0 Å². The third-order valence-electron chi connectivity index (χ3n) is 2.72. The summed E-state index contributed by atoms with van der Waals surface area (Å²) in [6, 6.07) is 6.06. The van der Waals surface area contributed by atoms with Gasteiger partial charge in [-0.3, -0.25) is 0 Å². The van der Waals surface area contributed by atoms with Gasteiger partial charge in [-0.15, -0.1) is 0 Å². The SMILES string of the molecule is CCCOc1ccc(CNCCCOC)cc1OC. The van der Waals surface area contributed by atoms with Gasteiger partial charge in [-0.25, -0.2) is 0 Å². The van der Waals surface area contributed by atoms with Gasteiger partial charge >= 0.3 is 0 Å². The van der Waals surface area contributed by atoms with E-state index in [-0.39, 0.29) is 0 Å². The minimum Gasteiger partial charge on any atom is -0.493 e. The van der Waals surface area contributed by atoms with E-state index in [1.165, 1.54) is 5.56 Å². The van der Waals surface area contributed by atoms with Crippen molar-refractivity contribution in [2.45, 2.75) is 26.3 Å². The molecule has 0 bridgehead atoms. The smallest absolute Gasteiger partial charge is 0.161 e. The zero-order chi connectivity index (χ0) is 13.9. The number of rotatable bonds is 10. The van der Waals surface area contributed by atoms with Crippen LogP contribution in [0.25, 0.3) is 0 Å². The summed E-state index contributed by atoms with van der Waals surface area (Å²) in [5.41, 5.74) is 1.19. The van der Waals surface area contributed by atoms with Crippen LogP contribution < -0.4 is 14.8 Å². The third kappa shape index (κ3) is 5.94. The first-order valence-electron chi connectivity index (χ1n) is 6.81. The summed E-state index contributed by atoms with van der Waals surface area (Å²) in [5, 5.41) is 3.37. The summed E-state index contributed by atoms with van der Waals surface area (Å²) in [5.74, 6) is 1.61.